The highest BCUT2D eigenvalue weighted by molar-refractivity contribution is 5.85. The number of carboxylic acid groups (broad SMARTS) is 1. The first-order chi connectivity index (χ1) is 5.11. The minimum Gasteiger partial charge on any atom is -0.480 e. The van der Waals surface area contributed by atoms with Crippen LogP contribution in [0.3, 0.4) is 0 Å². The molecule has 1 aliphatic rings. The molecule has 0 spiro atoms. The van der Waals surface area contributed by atoms with Gasteiger partial charge in [0.1, 0.15) is 0 Å². The van der Waals surface area contributed by atoms with E-state index >= 15 is 0 Å². The van der Waals surface area contributed by atoms with E-state index in [-0.39, 0.29) is 18.7 Å². The molecule has 5 heteroatoms. The Morgan fingerprint density at radius 2 is 2.27 bits per heavy atom. The van der Waals surface area contributed by atoms with Crippen LogP contribution in [0.2, 0.25) is 0 Å². The van der Waals surface area contributed by atoms with Crippen LogP contribution in [0.15, 0.2) is 0 Å². The molecule has 0 aromatic carbocycles. The van der Waals surface area contributed by atoms with E-state index in [9.17, 15) is 9.59 Å². The number of aliphatic hydroxyl groups is 1. The lowest BCUT2D eigenvalue weighted by atomic mass is 10.0. The number of carboxylic acids is 1. The van der Waals surface area contributed by atoms with Gasteiger partial charge in [-0.15, -0.1) is 0 Å². The van der Waals surface area contributed by atoms with Gasteiger partial charge in [-0.3, -0.25) is 4.79 Å². The molecule has 3 N–H and O–H groups in total. The SMILES string of the molecule is O=C1CC[C@H](O)[C@@H](C(=O)O)N1. The lowest BCUT2D eigenvalue weighted by molar-refractivity contribution is -0.147. The maximum absolute atomic E-state index is 10.6. The predicted molar refractivity (Wildman–Crippen MR) is 34.8 cm³/mol. The molecule has 0 radical (unpaired) electrons. The molecule has 1 rings (SSSR count). The fraction of sp³-hybridized carbons (Fsp3) is 0.667. The summed E-state index contributed by atoms with van der Waals surface area (Å²) in [5.74, 6) is -1.51. The molecule has 2 atom stereocenters. The molecular weight excluding hydrogens is 150 g/mol. The van der Waals surface area contributed by atoms with E-state index in [1.54, 1.807) is 0 Å². The second-order valence-corrected chi connectivity index (χ2v) is 2.49. The van der Waals surface area contributed by atoms with E-state index in [1.807, 2.05) is 0 Å². The van der Waals surface area contributed by atoms with Gasteiger partial charge >= 0.3 is 5.97 Å². The van der Waals surface area contributed by atoms with E-state index in [0.717, 1.165) is 0 Å². The molecule has 1 amide bonds. The minimum absolute atomic E-state index is 0.199. The first-order valence-corrected chi connectivity index (χ1v) is 3.31. The Hall–Kier alpha value is -1.10. The monoisotopic (exact) mass is 159 g/mol. The molecule has 0 aromatic rings. The number of carbonyl (C=O) groups is 2. The van der Waals surface area contributed by atoms with E-state index in [2.05, 4.69) is 5.32 Å². The quantitative estimate of drug-likeness (QED) is 0.444. The Kier molecular flexibility index (Phi) is 2.09. The number of aliphatic hydroxyl groups excluding tert-OH is 1. The highest BCUT2D eigenvalue weighted by atomic mass is 16.4. The number of aliphatic carboxylic acids is 1. The van der Waals surface area contributed by atoms with Crippen LogP contribution in [0, 0.1) is 0 Å². The summed E-state index contributed by atoms with van der Waals surface area (Å²) in [5.41, 5.74) is 0. The number of rotatable bonds is 1. The van der Waals surface area contributed by atoms with E-state index in [4.69, 9.17) is 10.2 Å². The smallest absolute Gasteiger partial charge is 0.328 e. The number of carbonyl (C=O) groups excluding carboxylic acids is 1. The summed E-state index contributed by atoms with van der Waals surface area (Å²) >= 11 is 0. The van der Waals surface area contributed by atoms with Gasteiger partial charge in [-0.25, -0.2) is 4.79 Å². The van der Waals surface area contributed by atoms with E-state index < -0.39 is 18.1 Å². The zero-order chi connectivity index (χ0) is 8.43. The van der Waals surface area contributed by atoms with Crippen LogP contribution in [0.5, 0.6) is 0 Å². The molecule has 0 aromatic heterocycles. The van der Waals surface area contributed by atoms with Crippen molar-refractivity contribution in [3.05, 3.63) is 0 Å². The second kappa shape index (κ2) is 2.87. The molecule has 5 nitrogen and oxygen atoms in total. The summed E-state index contributed by atoms with van der Waals surface area (Å²) in [5, 5.41) is 19.7. The van der Waals surface area contributed by atoms with Gasteiger partial charge < -0.3 is 15.5 Å². The van der Waals surface area contributed by atoms with Gasteiger partial charge in [-0.1, -0.05) is 0 Å². The Bertz CT molecular complexity index is 191. The van der Waals surface area contributed by atoms with Gasteiger partial charge in [0.2, 0.25) is 5.91 Å². The maximum atomic E-state index is 10.6. The minimum atomic E-state index is -1.19. The summed E-state index contributed by atoms with van der Waals surface area (Å²) in [4.78, 5) is 21.0. The zero-order valence-electron chi connectivity index (χ0n) is 5.78. The van der Waals surface area contributed by atoms with Crippen LogP contribution in [0.25, 0.3) is 0 Å². The van der Waals surface area contributed by atoms with Crippen molar-refractivity contribution in [3.8, 4) is 0 Å². The van der Waals surface area contributed by atoms with Crippen LogP contribution in [-0.2, 0) is 9.59 Å². The number of nitrogens with one attached hydrogen (secondary N) is 1. The summed E-state index contributed by atoms with van der Waals surface area (Å²) in [7, 11) is 0. The molecule has 0 unspecified atom stereocenters. The molecule has 1 aliphatic heterocycles. The fourth-order valence-corrected chi connectivity index (χ4v) is 1.01. The number of hydrogen-bond acceptors (Lipinski definition) is 3. The topological polar surface area (TPSA) is 86.6 Å². The molecule has 1 heterocycles. The van der Waals surface area contributed by atoms with Gasteiger partial charge in [0.25, 0.3) is 0 Å². The normalized spacial score (nSPS) is 31.2. The first kappa shape index (κ1) is 8.00. The third-order valence-corrected chi connectivity index (χ3v) is 1.63. The van der Waals surface area contributed by atoms with Crippen molar-refractivity contribution in [2.24, 2.45) is 0 Å². The zero-order valence-corrected chi connectivity index (χ0v) is 5.78. The first-order valence-electron chi connectivity index (χ1n) is 3.31. The molecule has 62 valence electrons. The van der Waals surface area contributed by atoms with Crippen LogP contribution in [0.1, 0.15) is 12.8 Å². The van der Waals surface area contributed by atoms with Gasteiger partial charge in [-0.05, 0) is 6.42 Å². The standard InChI is InChI=1S/C6H9NO4/c8-3-1-2-4(9)7-5(3)6(10)11/h3,5,8H,1-2H2,(H,7,9)(H,10,11)/t3-,5-/m0/s1. The highest BCUT2D eigenvalue weighted by Gasteiger charge is 2.32. The maximum Gasteiger partial charge on any atom is 0.328 e. The number of amides is 1. The van der Waals surface area contributed by atoms with E-state index in [0.29, 0.717) is 0 Å². The van der Waals surface area contributed by atoms with Crippen LogP contribution in [-0.4, -0.2) is 34.2 Å². The van der Waals surface area contributed by atoms with Crippen LogP contribution in [0.4, 0.5) is 0 Å². The summed E-state index contributed by atoms with van der Waals surface area (Å²) in [6, 6.07) is -1.13. The fourth-order valence-electron chi connectivity index (χ4n) is 1.01. The number of hydrogen-bond donors (Lipinski definition) is 3. The second-order valence-electron chi connectivity index (χ2n) is 2.49. The van der Waals surface area contributed by atoms with Gasteiger partial charge in [0.15, 0.2) is 6.04 Å². The van der Waals surface area contributed by atoms with Crippen LogP contribution >= 0.6 is 0 Å². The summed E-state index contributed by atoms with van der Waals surface area (Å²) < 4.78 is 0. The van der Waals surface area contributed by atoms with Crippen molar-refractivity contribution in [1.82, 2.24) is 5.32 Å². The van der Waals surface area contributed by atoms with Crippen molar-refractivity contribution < 1.29 is 19.8 Å². The lowest BCUT2D eigenvalue weighted by Crippen LogP contribution is -2.52. The van der Waals surface area contributed by atoms with Gasteiger partial charge in [0.05, 0.1) is 6.10 Å². The predicted octanol–water partition coefficient (Wildman–Crippen LogP) is -1.29. The third-order valence-electron chi connectivity index (χ3n) is 1.63. The average molecular weight is 159 g/mol. The van der Waals surface area contributed by atoms with Crippen molar-refractivity contribution in [3.63, 3.8) is 0 Å². The average Bonchev–Trinajstić information content (AvgIpc) is 1.94. The Balaban J connectivity index is 2.61. The molecule has 0 bridgehead atoms. The van der Waals surface area contributed by atoms with Crippen molar-refractivity contribution in [1.29, 1.82) is 0 Å². The highest BCUT2D eigenvalue weighted by Crippen LogP contribution is 2.08. The Morgan fingerprint density at radius 3 is 2.73 bits per heavy atom. The van der Waals surface area contributed by atoms with Gasteiger partial charge in [-0.2, -0.15) is 0 Å². The largest absolute Gasteiger partial charge is 0.480 e. The third kappa shape index (κ3) is 1.68. The Labute approximate surface area is 63.0 Å². The van der Waals surface area contributed by atoms with Crippen LogP contribution < -0.4 is 5.32 Å². The van der Waals surface area contributed by atoms with Crippen molar-refractivity contribution in [2.45, 2.75) is 25.0 Å². The molecule has 1 saturated heterocycles. The molecule has 0 saturated carbocycles. The lowest BCUT2D eigenvalue weighted by Gasteiger charge is -2.24. The summed E-state index contributed by atoms with van der Waals surface area (Å²) in [6.07, 6.45) is -0.529. The van der Waals surface area contributed by atoms with Crippen molar-refractivity contribution in [2.75, 3.05) is 0 Å². The number of piperidine rings is 1. The molecular formula is C6H9NO4. The van der Waals surface area contributed by atoms with E-state index in [1.165, 1.54) is 0 Å². The Morgan fingerprint density at radius 1 is 1.64 bits per heavy atom. The van der Waals surface area contributed by atoms with Gasteiger partial charge in [0, 0.05) is 6.42 Å². The molecule has 0 aliphatic carbocycles. The molecule has 11 heavy (non-hydrogen) atoms. The molecule has 1 fully saturated rings. The summed E-state index contributed by atoms with van der Waals surface area (Å²) in [6.45, 7) is 0. The van der Waals surface area contributed by atoms with Crippen molar-refractivity contribution >= 4 is 11.9 Å².